The van der Waals surface area contributed by atoms with E-state index in [2.05, 4.69) is 19.7 Å². The highest BCUT2D eigenvalue weighted by atomic mass is 17.5. The van der Waals surface area contributed by atoms with Crippen molar-refractivity contribution in [3.63, 3.8) is 0 Å². The Bertz CT molecular complexity index is 372. The Morgan fingerprint density at radius 3 is 1.80 bits per heavy atom. The van der Waals surface area contributed by atoms with Gasteiger partial charge in [0.25, 0.3) is 5.76 Å². The Hall–Kier alpha value is -1.64. The van der Waals surface area contributed by atoms with Crippen LogP contribution in [0.15, 0.2) is 11.8 Å². The molecule has 8 heteroatoms. The summed E-state index contributed by atoms with van der Waals surface area (Å²) in [5, 5.41) is 12.9. The Morgan fingerprint density at radius 2 is 1.40 bits per heavy atom. The minimum Gasteiger partial charge on any atom is -0.478 e. The van der Waals surface area contributed by atoms with Crippen LogP contribution in [-0.2, 0) is 34.2 Å². The minimum absolute atomic E-state index is 0.481. The number of carboxylic acid groups (broad SMARTS) is 1. The van der Waals surface area contributed by atoms with Gasteiger partial charge in [-0.1, -0.05) is 0 Å². The Kier molecular flexibility index (Phi) is 6.63. The molecule has 116 valence electrons. The van der Waals surface area contributed by atoms with Gasteiger partial charge < -0.3 is 9.99 Å². The molecule has 1 N–H and O–H groups in total. The van der Waals surface area contributed by atoms with Crippen molar-refractivity contribution in [1.82, 2.24) is 0 Å². The molecule has 0 amide bonds. The largest absolute Gasteiger partial charge is 0.478 e. The van der Waals surface area contributed by atoms with Crippen LogP contribution in [0.4, 0.5) is 0 Å². The lowest BCUT2D eigenvalue weighted by atomic mass is 10.2. The minimum atomic E-state index is -1.41. The molecule has 8 nitrogen and oxygen atoms in total. The normalized spacial score (nSPS) is 13.0. The number of carbonyl (C=O) groups is 2. The molecule has 0 aliphatic carbocycles. The lowest BCUT2D eigenvalue weighted by Gasteiger charge is -2.18. The first kappa shape index (κ1) is 18.4. The molecular weight excluding hydrogens is 272 g/mol. The van der Waals surface area contributed by atoms with Crippen molar-refractivity contribution in [1.29, 1.82) is 0 Å². The lowest BCUT2D eigenvalue weighted by Crippen LogP contribution is -2.24. The van der Waals surface area contributed by atoms with Crippen LogP contribution in [0.1, 0.15) is 41.5 Å². The molecular formula is C12H20O8. The second-order valence-electron chi connectivity index (χ2n) is 5.76. The molecule has 0 radical (unpaired) electrons. The summed E-state index contributed by atoms with van der Waals surface area (Å²) in [7, 11) is 0. The van der Waals surface area contributed by atoms with E-state index in [0.29, 0.717) is 6.08 Å². The van der Waals surface area contributed by atoms with E-state index in [-0.39, 0.29) is 0 Å². The first-order valence-electron chi connectivity index (χ1n) is 5.78. The third-order valence-corrected chi connectivity index (χ3v) is 1.23. The molecule has 0 heterocycles. The van der Waals surface area contributed by atoms with Crippen molar-refractivity contribution in [2.45, 2.75) is 52.7 Å². The van der Waals surface area contributed by atoms with Crippen molar-refractivity contribution in [2.24, 2.45) is 0 Å². The Balaban J connectivity index is 4.56. The van der Waals surface area contributed by atoms with E-state index in [1.807, 2.05) is 0 Å². The number of carboxylic acids is 1. The molecule has 0 saturated carbocycles. The van der Waals surface area contributed by atoms with Crippen LogP contribution in [0.25, 0.3) is 0 Å². The van der Waals surface area contributed by atoms with E-state index in [0.717, 1.165) is 0 Å². The molecule has 0 bridgehead atoms. The molecule has 20 heavy (non-hydrogen) atoms. The van der Waals surface area contributed by atoms with Crippen LogP contribution in [0.5, 0.6) is 0 Å². The zero-order chi connectivity index (χ0) is 16.0. The third kappa shape index (κ3) is 10.3. The number of hydrogen-bond donors (Lipinski definition) is 1. The maximum absolute atomic E-state index is 11.5. The molecule has 0 unspecified atom stereocenters. The van der Waals surface area contributed by atoms with Crippen LogP contribution < -0.4 is 0 Å². The molecule has 0 saturated heterocycles. The maximum Gasteiger partial charge on any atom is 0.415 e. The van der Waals surface area contributed by atoms with E-state index in [1.165, 1.54) is 0 Å². The molecule has 0 spiro atoms. The number of aliphatic carboxylic acids is 1. The fraction of sp³-hybridized carbons (Fsp3) is 0.667. The van der Waals surface area contributed by atoms with E-state index in [1.54, 1.807) is 41.5 Å². The number of hydrogen-bond acceptors (Lipinski definition) is 7. The molecule has 0 rings (SSSR count). The first-order chi connectivity index (χ1) is 8.91. The van der Waals surface area contributed by atoms with E-state index < -0.39 is 28.9 Å². The molecule has 0 aliphatic rings. The zero-order valence-corrected chi connectivity index (χ0v) is 12.4. The number of carbonyl (C=O) groups excluding carboxylic acids is 1. The van der Waals surface area contributed by atoms with Crippen LogP contribution in [0, 0.1) is 0 Å². The fourth-order valence-corrected chi connectivity index (χ4v) is 0.590. The van der Waals surface area contributed by atoms with Crippen LogP contribution >= 0.6 is 0 Å². The van der Waals surface area contributed by atoms with Gasteiger partial charge in [-0.05, 0) is 46.6 Å². The van der Waals surface area contributed by atoms with Crippen LogP contribution in [0.3, 0.4) is 0 Å². The highest BCUT2D eigenvalue weighted by molar-refractivity contribution is 5.93. The average molecular weight is 292 g/mol. The summed E-state index contributed by atoms with van der Waals surface area (Å²) in [6.45, 7) is 9.93. The molecule has 0 fully saturated rings. The second-order valence-corrected chi connectivity index (χ2v) is 5.76. The Labute approximate surface area is 117 Å². The smallest absolute Gasteiger partial charge is 0.415 e. The topological polar surface area (TPSA) is 101 Å². The molecule has 0 atom stereocenters. The summed E-state index contributed by atoms with van der Waals surface area (Å²) < 4.78 is 0. The Morgan fingerprint density at radius 1 is 0.900 bits per heavy atom. The molecule has 0 aromatic carbocycles. The third-order valence-electron chi connectivity index (χ3n) is 1.23. The monoisotopic (exact) mass is 292 g/mol. The summed E-state index contributed by atoms with van der Waals surface area (Å²) >= 11 is 0. The van der Waals surface area contributed by atoms with Gasteiger partial charge in [0.15, 0.2) is 0 Å². The van der Waals surface area contributed by atoms with Gasteiger partial charge in [0.1, 0.15) is 5.60 Å². The molecule has 0 aromatic rings. The number of rotatable bonds is 6. The van der Waals surface area contributed by atoms with Crippen LogP contribution in [-0.4, -0.2) is 28.2 Å². The van der Waals surface area contributed by atoms with Crippen LogP contribution in [0.2, 0.25) is 0 Å². The van der Waals surface area contributed by atoms with Gasteiger partial charge in [0, 0.05) is 0 Å². The highest BCUT2D eigenvalue weighted by Crippen LogP contribution is 2.13. The lowest BCUT2D eigenvalue weighted by molar-refractivity contribution is -0.514. The van der Waals surface area contributed by atoms with Crippen molar-refractivity contribution in [3.8, 4) is 0 Å². The summed E-state index contributed by atoms with van der Waals surface area (Å²) in [4.78, 5) is 40.5. The summed E-state index contributed by atoms with van der Waals surface area (Å²) in [5.41, 5.74) is -1.46. The van der Waals surface area contributed by atoms with Gasteiger partial charge in [-0.25, -0.2) is 9.59 Å². The predicted octanol–water partition coefficient (Wildman–Crippen LogP) is 1.91. The van der Waals surface area contributed by atoms with Gasteiger partial charge in [-0.2, -0.15) is 9.78 Å². The predicted molar refractivity (Wildman–Crippen MR) is 65.7 cm³/mol. The fourth-order valence-electron chi connectivity index (χ4n) is 0.590. The summed E-state index contributed by atoms with van der Waals surface area (Å²) in [6, 6.07) is 0. The molecule has 0 aliphatic heterocycles. The maximum atomic E-state index is 11.5. The first-order valence-corrected chi connectivity index (χ1v) is 5.78. The van der Waals surface area contributed by atoms with E-state index in [4.69, 9.17) is 9.99 Å². The van der Waals surface area contributed by atoms with Gasteiger partial charge in [-0.15, -0.1) is 0 Å². The molecule has 0 aromatic heterocycles. The highest BCUT2D eigenvalue weighted by Gasteiger charge is 2.23. The van der Waals surface area contributed by atoms with Gasteiger partial charge >= 0.3 is 11.9 Å². The summed E-state index contributed by atoms with van der Waals surface area (Å²) in [6.07, 6.45) is 0.481. The van der Waals surface area contributed by atoms with Crippen molar-refractivity contribution in [3.05, 3.63) is 11.8 Å². The van der Waals surface area contributed by atoms with Gasteiger partial charge in [0.2, 0.25) is 0 Å². The van der Waals surface area contributed by atoms with Crippen molar-refractivity contribution in [2.75, 3.05) is 0 Å². The van der Waals surface area contributed by atoms with Gasteiger partial charge in [0.05, 0.1) is 11.7 Å². The SMILES string of the molecule is CC(C)(C)OOOC(=O)C(=CC(=O)O)OOC(C)(C)C. The van der Waals surface area contributed by atoms with Gasteiger partial charge in [-0.3, -0.25) is 4.89 Å². The van der Waals surface area contributed by atoms with E-state index >= 15 is 0 Å². The quantitative estimate of drug-likeness (QED) is 0.343. The standard InChI is InChI=1S/C12H20O8/c1-11(2,3)18-16-8(7-9(13)14)10(15)17-20-19-12(4,5)6/h7H,1-6H3,(H,13,14). The second kappa shape index (κ2) is 7.22. The van der Waals surface area contributed by atoms with Crippen molar-refractivity contribution < 1.29 is 39.3 Å². The zero-order valence-electron chi connectivity index (χ0n) is 12.4. The van der Waals surface area contributed by atoms with E-state index in [9.17, 15) is 9.59 Å². The average Bonchev–Trinajstić information content (AvgIpc) is 2.20. The summed E-state index contributed by atoms with van der Waals surface area (Å²) in [5.74, 6) is -3.31. The van der Waals surface area contributed by atoms with Crippen molar-refractivity contribution >= 4 is 11.9 Å².